The van der Waals surface area contributed by atoms with E-state index in [4.69, 9.17) is 0 Å². The third-order valence-corrected chi connectivity index (χ3v) is 5.18. The summed E-state index contributed by atoms with van der Waals surface area (Å²) in [4.78, 5) is 31.2. The van der Waals surface area contributed by atoms with Gasteiger partial charge in [-0.1, -0.05) is 36.9 Å². The molecular weight excluding hydrogens is 342 g/mol. The average molecular weight is 364 g/mol. The van der Waals surface area contributed by atoms with Crippen molar-refractivity contribution in [2.75, 3.05) is 11.1 Å². The van der Waals surface area contributed by atoms with Crippen LogP contribution in [0, 0.1) is 6.92 Å². The Morgan fingerprint density at radius 3 is 2.83 bits per heavy atom. The number of H-pyrrole nitrogens is 1. The van der Waals surface area contributed by atoms with E-state index in [1.807, 2.05) is 31.2 Å². The molecule has 2 N–H and O–H groups in total. The van der Waals surface area contributed by atoms with Crippen LogP contribution in [0.2, 0.25) is 0 Å². The number of aryl methyl sites for hydroxylation is 1. The number of hydrogen-bond acceptors (Lipinski definition) is 5. The van der Waals surface area contributed by atoms with Crippen molar-refractivity contribution in [1.29, 1.82) is 0 Å². The van der Waals surface area contributed by atoms with Crippen molar-refractivity contribution >= 4 is 35.1 Å². The van der Waals surface area contributed by atoms with Crippen LogP contribution in [0.1, 0.15) is 25.1 Å². The molecule has 0 spiro atoms. The number of carbonyl (C=O) groups excluding carboxylic acids is 1. The first-order valence-electron chi connectivity index (χ1n) is 7.70. The number of rotatable bonds is 7. The highest BCUT2D eigenvalue weighted by atomic mass is 32.2. The number of aromatic nitrogens is 2. The van der Waals surface area contributed by atoms with E-state index in [0.29, 0.717) is 10.9 Å². The monoisotopic (exact) mass is 363 g/mol. The van der Waals surface area contributed by atoms with Crippen LogP contribution in [0.3, 0.4) is 0 Å². The van der Waals surface area contributed by atoms with E-state index in [-0.39, 0.29) is 16.7 Å². The number of anilines is 1. The SMILES string of the molecule is CCSCc1cc(=O)[nH]c(SC(C)C(=O)Nc2ccccc2C)n1. The quantitative estimate of drug-likeness (QED) is 0.582. The van der Waals surface area contributed by atoms with E-state index in [9.17, 15) is 9.59 Å². The van der Waals surface area contributed by atoms with E-state index >= 15 is 0 Å². The summed E-state index contributed by atoms with van der Waals surface area (Å²) in [5, 5.41) is 3.01. The molecular formula is C17H21N3O2S2. The maximum absolute atomic E-state index is 12.4. The molecule has 1 aromatic carbocycles. The Bertz CT molecular complexity index is 761. The van der Waals surface area contributed by atoms with Crippen LogP contribution in [0.15, 0.2) is 40.3 Å². The number of para-hydroxylation sites is 1. The molecule has 2 aromatic rings. The summed E-state index contributed by atoms with van der Waals surface area (Å²) in [6.07, 6.45) is 0. The number of thioether (sulfide) groups is 2. The molecule has 0 saturated heterocycles. The minimum absolute atomic E-state index is 0.120. The molecule has 0 radical (unpaired) electrons. The van der Waals surface area contributed by atoms with Crippen LogP contribution in [0.5, 0.6) is 0 Å². The first kappa shape index (κ1) is 18.6. The molecule has 0 bridgehead atoms. The predicted octanol–water partition coefficient (Wildman–Crippen LogP) is 3.45. The van der Waals surface area contributed by atoms with Crippen LogP contribution in [-0.2, 0) is 10.5 Å². The lowest BCUT2D eigenvalue weighted by Crippen LogP contribution is -2.23. The van der Waals surface area contributed by atoms with Gasteiger partial charge in [-0.05, 0) is 31.2 Å². The predicted molar refractivity (Wildman–Crippen MR) is 102 cm³/mol. The second-order valence-corrected chi connectivity index (χ2v) is 7.85. The second-order valence-electron chi connectivity index (χ2n) is 5.24. The number of benzene rings is 1. The summed E-state index contributed by atoms with van der Waals surface area (Å²) in [6, 6.07) is 9.13. The third kappa shape index (κ3) is 5.42. The molecule has 5 nitrogen and oxygen atoms in total. The van der Waals surface area contributed by atoms with Gasteiger partial charge in [0.1, 0.15) is 0 Å². The van der Waals surface area contributed by atoms with E-state index in [2.05, 4.69) is 22.2 Å². The summed E-state index contributed by atoms with van der Waals surface area (Å²) in [5.74, 6) is 1.54. The molecule has 128 valence electrons. The Balaban J connectivity index is 2.04. The summed E-state index contributed by atoms with van der Waals surface area (Å²) >= 11 is 2.95. The van der Waals surface area contributed by atoms with Crippen molar-refractivity contribution < 1.29 is 4.79 Å². The minimum Gasteiger partial charge on any atom is -0.325 e. The van der Waals surface area contributed by atoms with Crippen LogP contribution in [0.25, 0.3) is 0 Å². The standard InChI is InChI=1S/C17H21N3O2S2/c1-4-23-10-13-9-15(21)20-17(18-13)24-12(3)16(22)19-14-8-6-5-7-11(14)2/h5-9,12H,4,10H2,1-3H3,(H,19,22)(H,18,20,21). The zero-order valence-electron chi connectivity index (χ0n) is 14.0. The Kier molecular flexibility index (Phi) is 6.93. The van der Waals surface area contributed by atoms with Crippen molar-refractivity contribution in [3.8, 4) is 0 Å². The fourth-order valence-corrected chi connectivity index (χ4v) is 3.38. The van der Waals surface area contributed by atoms with Gasteiger partial charge in [-0.2, -0.15) is 11.8 Å². The third-order valence-electron chi connectivity index (χ3n) is 3.29. The van der Waals surface area contributed by atoms with Crippen molar-refractivity contribution in [3.05, 3.63) is 51.9 Å². The number of hydrogen-bond donors (Lipinski definition) is 2. The van der Waals surface area contributed by atoms with Crippen LogP contribution in [0.4, 0.5) is 5.69 Å². The van der Waals surface area contributed by atoms with Crippen molar-refractivity contribution in [3.63, 3.8) is 0 Å². The molecule has 0 aliphatic rings. The van der Waals surface area contributed by atoms with Gasteiger partial charge in [0.25, 0.3) is 5.56 Å². The van der Waals surface area contributed by atoms with Gasteiger partial charge < -0.3 is 10.3 Å². The van der Waals surface area contributed by atoms with Gasteiger partial charge in [0.05, 0.1) is 10.9 Å². The molecule has 24 heavy (non-hydrogen) atoms. The highest BCUT2D eigenvalue weighted by Gasteiger charge is 2.17. The molecule has 0 aliphatic heterocycles. The number of nitrogens with one attached hydrogen (secondary N) is 2. The van der Waals surface area contributed by atoms with Gasteiger partial charge in [-0.3, -0.25) is 9.59 Å². The fraction of sp³-hybridized carbons (Fsp3) is 0.353. The van der Waals surface area contributed by atoms with Crippen LogP contribution in [-0.4, -0.2) is 26.9 Å². The lowest BCUT2D eigenvalue weighted by Gasteiger charge is -2.13. The topological polar surface area (TPSA) is 74.8 Å². The normalized spacial score (nSPS) is 12.0. The van der Waals surface area contributed by atoms with Gasteiger partial charge in [0.2, 0.25) is 5.91 Å². The smallest absolute Gasteiger partial charge is 0.251 e. The van der Waals surface area contributed by atoms with Gasteiger partial charge >= 0.3 is 0 Å². The first-order valence-corrected chi connectivity index (χ1v) is 9.74. The Hall–Kier alpha value is -1.73. The van der Waals surface area contributed by atoms with Crippen molar-refractivity contribution in [2.24, 2.45) is 0 Å². The molecule has 1 amide bonds. The number of carbonyl (C=O) groups is 1. The molecule has 0 fully saturated rings. The molecule has 0 saturated carbocycles. The molecule has 1 aromatic heterocycles. The van der Waals surface area contributed by atoms with Crippen LogP contribution < -0.4 is 10.9 Å². The van der Waals surface area contributed by atoms with Crippen molar-refractivity contribution in [2.45, 2.75) is 36.9 Å². The highest BCUT2D eigenvalue weighted by Crippen LogP contribution is 2.22. The van der Waals surface area contributed by atoms with Crippen LogP contribution >= 0.6 is 23.5 Å². The molecule has 0 aliphatic carbocycles. The summed E-state index contributed by atoms with van der Waals surface area (Å²) in [6.45, 7) is 5.80. The van der Waals surface area contributed by atoms with Gasteiger partial charge in [0, 0.05) is 17.5 Å². The molecule has 2 rings (SSSR count). The fourth-order valence-electron chi connectivity index (χ4n) is 1.99. The lowest BCUT2D eigenvalue weighted by atomic mass is 10.2. The zero-order chi connectivity index (χ0) is 17.5. The van der Waals surface area contributed by atoms with E-state index in [0.717, 1.165) is 22.7 Å². The Labute approximate surface area is 150 Å². The van der Waals surface area contributed by atoms with E-state index in [1.54, 1.807) is 18.7 Å². The van der Waals surface area contributed by atoms with Gasteiger partial charge in [-0.15, -0.1) is 0 Å². The summed E-state index contributed by atoms with van der Waals surface area (Å²) < 4.78 is 0. The maximum atomic E-state index is 12.4. The number of nitrogens with zero attached hydrogens (tertiary/aromatic N) is 1. The minimum atomic E-state index is -0.373. The highest BCUT2D eigenvalue weighted by molar-refractivity contribution is 8.00. The van der Waals surface area contributed by atoms with E-state index < -0.39 is 0 Å². The Morgan fingerprint density at radius 2 is 2.12 bits per heavy atom. The largest absolute Gasteiger partial charge is 0.325 e. The van der Waals surface area contributed by atoms with Crippen molar-refractivity contribution in [1.82, 2.24) is 9.97 Å². The summed E-state index contributed by atoms with van der Waals surface area (Å²) in [5.41, 5.74) is 2.35. The number of aromatic amines is 1. The Morgan fingerprint density at radius 1 is 1.38 bits per heavy atom. The van der Waals surface area contributed by atoms with Gasteiger partial charge in [-0.25, -0.2) is 4.98 Å². The molecule has 1 unspecified atom stereocenters. The molecule has 1 heterocycles. The summed E-state index contributed by atoms with van der Waals surface area (Å²) in [7, 11) is 0. The zero-order valence-corrected chi connectivity index (χ0v) is 15.6. The van der Waals surface area contributed by atoms with Gasteiger partial charge in [0.15, 0.2) is 5.16 Å². The lowest BCUT2D eigenvalue weighted by molar-refractivity contribution is -0.115. The maximum Gasteiger partial charge on any atom is 0.251 e. The second kappa shape index (κ2) is 8.94. The first-order chi connectivity index (χ1) is 11.5. The number of amides is 1. The average Bonchev–Trinajstić information content (AvgIpc) is 2.54. The molecule has 1 atom stereocenters. The molecule has 7 heteroatoms. The van der Waals surface area contributed by atoms with E-state index in [1.165, 1.54) is 17.8 Å².